The molecule has 1 fully saturated rings. The Hall–Kier alpha value is -0.420. The van der Waals surface area contributed by atoms with Crippen molar-refractivity contribution in [1.82, 2.24) is 0 Å². The van der Waals surface area contributed by atoms with E-state index in [0.29, 0.717) is 25.4 Å². The lowest BCUT2D eigenvalue weighted by Crippen LogP contribution is -2.44. The Kier molecular flexibility index (Phi) is 6.65. The van der Waals surface area contributed by atoms with Crippen molar-refractivity contribution in [1.29, 1.82) is 0 Å². The van der Waals surface area contributed by atoms with Crippen molar-refractivity contribution in [3.8, 4) is 0 Å². The number of hydrogen-bond acceptors (Lipinski definition) is 4. The molecule has 0 amide bonds. The Morgan fingerprint density at radius 2 is 1.85 bits per heavy atom. The second-order valence-corrected chi connectivity index (χ2v) is 8.35. The van der Waals surface area contributed by atoms with Gasteiger partial charge in [0.05, 0.1) is 5.75 Å². The third-order valence-electron chi connectivity index (χ3n) is 4.31. The molecule has 5 heteroatoms. The fourth-order valence-corrected chi connectivity index (χ4v) is 3.71. The van der Waals surface area contributed by atoms with Crippen LogP contribution >= 0.6 is 0 Å². The highest BCUT2D eigenvalue weighted by Crippen LogP contribution is 2.36. The van der Waals surface area contributed by atoms with E-state index in [2.05, 4.69) is 6.92 Å². The summed E-state index contributed by atoms with van der Waals surface area (Å²) in [6, 6.07) is 0. The predicted molar refractivity (Wildman–Crippen MR) is 80.6 cm³/mol. The van der Waals surface area contributed by atoms with E-state index in [9.17, 15) is 13.2 Å². The van der Waals surface area contributed by atoms with Crippen molar-refractivity contribution >= 4 is 15.6 Å². The first-order valence-electron chi connectivity index (χ1n) is 7.73. The highest BCUT2D eigenvalue weighted by Gasteiger charge is 2.40. The van der Waals surface area contributed by atoms with Crippen LogP contribution in [0.25, 0.3) is 0 Å². The van der Waals surface area contributed by atoms with Gasteiger partial charge in [0.15, 0.2) is 5.78 Å². The molecule has 0 aliphatic heterocycles. The molecule has 0 aromatic carbocycles. The van der Waals surface area contributed by atoms with Crippen molar-refractivity contribution in [2.45, 2.75) is 64.9 Å². The number of hydrogen-bond donors (Lipinski definition) is 0. The van der Waals surface area contributed by atoms with Crippen LogP contribution < -0.4 is 0 Å². The number of ketones is 1. The largest absolute Gasteiger partial charge is 0.368 e. The van der Waals surface area contributed by atoms with Crippen molar-refractivity contribution < 1.29 is 17.9 Å². The van der Waals surface area contributed by atoms with Crippen LogP contribution in [0.5, 0.6) is 0 Å². The zero-order chi connectivity index (χ0) is 15.2. The Morgan fingerprint density at radius 1 is 1.25 bits per heavy atom. The van der Waals surface area contributed by atoms with Crippen LogP contribution in [0.15, 0.2) is 0 Å². The van der Waals surface area contributed by atoms with Gasteiger partial charge in [0.2, 0.25) is 0 Å². The smallest absolute Gasteiger partial charge is 0.164 e. The standard InChI is InChI=1S/C15H28O4S/c1-4-19-15(10-8-13(3)9-11-15)14(16)7-6-12-20(17,18)5-2/h13H,4-12H2,1-3H3. The van der Waals surface area contributed by atoms with Crippen molar-refractivity contribution in [3.63, 3.8) is 0 Å². The van der Waals surface area contributed by atoms with E-state index in [1.807, 2.05) is 6.92 Å². The predicted octanol–water partition coefficient (Wildman–Crippen LogP) is 2.76. The maximum atomic E-state index is 12.5. The molecule has 0 atom stereocenters. The number of Topliss-reactive ketones (excluding diaryl/α,β-unsaturated/α-hetero) is 1. The molecule has 0 aromatic rings. The summed E-state index contributed by atoms with van der Waals surface area (Å²) in [6.45, 7) is 6.29. The highest BCUT2D eigenvalue weighted by molar-refractivity contribution is 7.91. The third-order valence-corrected chi connectivity index (χ3v) is 6.10. The number of carbonyl (C=O) groups excluding carboxylic acids is 1. The van der Waals surface area contributed by atoms with Crippen LogP contribution in [0.2, 0.25) is 0 Å². The lowest BCUT2D eigenvalue weighted by atomic mass is 9.76. The van der Waals surface area contributed by atoms with Crippen molar-refractivity contribution in [2.75, 3.05) is 18.1 Å². The monoisotopic (exact) mass is 304 g/mol. The quantitative estimate of drug-likeness (QED) is 0.692. The van der Waals surface area contributed by atoms with E-state index < -0.39 is 15.4 Å². The first-order chi connectivity index (χ1) is 9.35. The summed E-state index contributed by atoms with van der Waals surface area (Å²) < 4.78 is 28.7. The molecule has 0 N–H and O–H groups in total. The minimum atomic E-state index is -2.98. The average Bonchev–Trinajstić information content (AvgIpc) is 2.41. The van der Waals surface area contributed by atoms with E-state index in [-0.39, 0.29) is 17.3 Å². The maximum Gasteiger partial charge on any atom is 0.164 e. The molecule has 0 aromatic heterocycles. The van der Waals surface area contributed by atoms with Crippen LogP contribution in [0.3, 0.4) is 0 Å². The topological polar surface area (TPSA) is 60.4 Å². The molecule has 0 saturated heterocycles. The Balaban J connectivity index is 2.57. The summed E-state index contributed by atoms with van der Waals surface area (Å²) in [4.78, 5) is 12.5. The van der Waals surface area contributed by atoms with Crippen LogP contribution in [0, 0.1) is 5.92 Å². The fraction of sp³-hybridized carbons (Fsp3) is 0.933. The van der Waals surface area contributed by atoms with E-state index in [1.165, 1.54) is 0 Å². The lowest BCUT2D eigenvalue weighted by Gasteiger charge is -2.38. The van der Waals surface area contributed by atoms with Gasteiger partial charge in [-0.25, -0.2) is 8.42 Å². The first kappa shape index (κ1) is 17.6. The minimum absolute atomic E-state index is 0.0950. The van der Waals surface area contributed by atoms with E-state index in [0.717, 1.165) is 25.7 Å². The van der Waals surface area contributed by atoms with Gasteiger partial charge in [-0.05, 0) is 44.9 Å². The van der Waals surface area contributed by atoms with Crippen LogP contribution in [0.1, 0.15) is 59.3 Å². The first-order valence-corrected chi connectivity index (χ1v) is 9.55. The molecule has 1 rings (SSSR count). The Morgan fingerprint density at radius 3 is 2.35 bits per heavy atom. The minimum Gasteiger partial charge on any atom is -0.368 e. The van der Waals surface area contributed by atoms with E-state index in [4.69, 9.17) is 4.74 Å². The zero-order valence-electron chi connectivity index (χ0n) is 13.0. The molecule has 0 unspecified atom stereocenters. The number of carbonyl (C=O) groups is 1. The third kappa shape index (κ3) is 4.85. The van der Waals surface area contributed by atoms with Gasteiger partial charge in [0.25, 0.3) is 0 Å². The molecule has 20 heavy (non-hydrogen) atoms. The molecule has 0 radical (unpaired) electrons. The molecule has 1 saturated carbocycles. The molecule has 0 heterocycles. The molecule has 0 bridgehead atoms. The molecule has 1 aliphatic carbocycles. The van der Waals surface area contributed by atoms with Gasteiger partial charge in [-0.1, -0.05) is 13.8 Å². The fourth-order valence-electron chi connectivity index (χ4n) is 2.83. The van der Waals surface area contributed by atoms with Gasteiger partial charge in [-0.2, -0.15) is 0 Å². The van der Waals surface area contributed by atoms with Gasteiger partial charge in [-0.15, -0.1) is 0 Å². The van der Waals surface area contributed by atoms with Gasteiger partial charge in [0, 0.05) is 18.8 Å². The summed E-state index contributed by atoms with van der Waals surface area (Å²) in [6.07, 6.45) is 4.31. The van der Waals surface area contributed by atoms with Crippen LogP contribution in [0.4, 0.5) is 0 Å². The summed E-state index contributed by atoms with van der Waals surface area (Å²) in [5.74, 6) is 0.998. The average molecular weight is 304 g/mol. The van der Waals surface area contributed by atoms with E-state index in [1.54, 1.807) is 6.92 Å². The van der Waals surface area contributed by atoms with Crippen LogP contribution in [-0.4, -0.2) is 37.9 Å². The molecular weight excluding hydrogens is 276 g/mol. The van der Waals surface area contributed by atoms with Gasteiger partial charge < -0.3 is 4.74 Å². The molecule has 4 nitrogen and oxygen atoms in total. The molecule has 0 spiro atoms. The van der Waals surface area contributed by atoms with Gasteiger partial charge in [0.1, 0.15) is 15.4 Å². The van der Waals surface area contributed by atoms with Gasteiger partial charge in [-0.3, -0.25) is 4.79 Å². The summed E-state index contributed by atoms with van der Waals surface area (Å²) >= 11 is 0. The molecule has 118 valence electrons. The second kappa shape index (κ2) is 7.55. The number of ether oxygens (including phenoxy) is 1. The SMILES string of the molecule is CCOC1(C(=O)CCCS(=O)(=O)CC)CCC(C)CC1. The van der Waals surface area contributed by atoms with Crippen molar-refractivity contribution in [3.05, 3.63) is 0 Å². The number of rotatable bonds is 8. The number of sulfone groups is 1. The van der Waals surface area contributed by atoms with Crippen LogP contribution in [-0.2, 0) is 19.4 Å². The Bertz CT molecular complexity index is 406. The van der Waals surface area contributed by atoms with Crippen molar-refractivity contribution in [2.24, 2.45) is 5.92 Å². The summed E-state index contributed by atoms with van der Waals surface area (Å²) in [7, 11) is -2.98. The zero-order valence-corrected chi connectivity index (χ0v) is 13.8. The summed E-state index contributed by atoms with van der Waals surface area (Å²) in [5.41, 5.74) is -0.642. The summed E-state index contributed by atoms with van der Waals surface area (Å²) in [5, 5.41) is 0. The molecular formula is C15H28O4S. The molecule has 1 aliphatic rings. The van der Waals surface area contributed by atoms with E-state index >= 15 is 0 Å². The normalized spacial score (nSPS) is 27.4. The lowest BCUT2D eigenvalue weighted by molar-refractivity contribution is -0.150. The Labute approximate surface area is 123 Å². The van der Waals surface area contributed by atoms with Gasteiger partial charge >= 0.3 is 0 Å². The maximum absolute atomic E-state index is 12.5. The highest BCUT2D eigenvalue weighted by atomic mass is 32.2. The second-order valence-electron chi connectivity index (χ2n) is 5.87.